The topological polar surface area (TPSA) is 153 Å². The van der Waals surface area contributed by atoms with Crippen LogP contribution in [0.1, 0.15) is 12.7 Å². The van der Waals surface area contributed by atoms with Crippen molar-refractivity contribution in [1.29, 1.82) is 0 Å². The molecule has 0 saturated carbocycles. The van der Waals surface area contributed by atoms with Gasteiger partial charge in [0.05, 0.1) is 33.0 Å². The van der Waals surface area contributed by atoms with Gasteiger partial charge in [-0.15, -0.1) is 0 Å². The van der Waals surface area contributed by atoms with E-state index in [1.54, 1.807) is 24.3 Å². The van der Waals surface area contributed by atoms with E-state index in [0.29, 0.717) is 11.2 Å². The zero-order valence-electron chi connectivity index (χ0n) is 18.3. The molecule has 0 atom stereocenters. The SMILES string of the molecule is CC(=O)Nc1ccc(S(=O)(=O)NCc2nc3ccccc3c(=O)n2-c2cccc([N+](=O)[O-])c2)cc1. The van der Waals surface area contributed by atoms with E-state index in [4.69, 9.17) is 0 Å². The Labute approximate surface area is 199 Å². The number of para-hydroxylation sites is 1. The number of sulfonamides is 1. The van der Waals surface area contributed by atoms with E-state index in [2.05, 4.69) is 15.0 Å². The monoisotopic (exact) mass is 493 g/mol. The van der Waals surface area contributed by atoms with Crippen LogP contribution in [0.25, 0.3) is 16.6 Å². The molecule has 0 aliphatic heterocycles. The molecule has 0 spiro atoms. The molecule has 0 bridgehead atoms. The summed E-state index contributed by atoms with van der Waals surface area (Å²) >= 11 is 0. The van der Waals surface area contributed by atoms with Gasteiger partial charge in [0.2, 0.25) is 15.9 Å². The van der Waals surface area contributed by atoms with Gasteiger partial charge in [-0.1, -0.05) is 18.2 Å². The fourth-order valence-electron chi connectivity index (χ4n) is 3.47. The quantitative estimate of drug-likeness (QED) is 0.296. The van der Waals surface area contributed by atoms with Crippen molar-refractivity contribution < 1.29 is 18.1 Å². The molecular weight excluding hydrogens is 474 g/mol. The summed E-state index contributed by atoms with van der Waals surface area (Å²) in [5, 5.41) is 14.1. The minimum atomic E-state index is -4.02. The highest BCUT2D eigenvalue weighted by Gasteiger charge is 2.19. The second-order valence-electron chi connectivity index (χ2n) is 7.49. The van der Waals surface area contributed by atoms with Crippen molar-refractivity contribution in [3.8, 4) is 5.69 Å². The van der Waals surface area contributed by atoms with E-state index in [9.17, 15) is 28.1 Å². The number of fused-ring (bicyclic) bond motifs is 1. The third kappa shape index (κ3) is 5.08. The predicted octanol–water partition coefficient (Wildman–Crippen LogP) is 2.73. The molecule has 1 aromatic heterocycles. The molecule has 11 nitrogen and oxygen atoms in total. The van der Waals surface area contributed by atoms with Gasteiger partial charge in [0.1, 0.15) is 5.82 Å². The van der Waals surface area contributed by atoms with Gasteiger partial charge in [-0.05, 0) is 42.5 Å². The lowest BCUT2D eigenvalue weighted by molar-refractivity contribution is -0.384. The van der Waals surface area contributed by atoms with Gasteiger partial charge in [0, 0.05) is 24.7 Å². The molecule has 0 radical (unpaired) electrons. The number of nitrogens with zero attached hydrogens (tertiary/aromatic N) is 3. The van der Waals surface area contributed by atoms with Crippen LogP contribution < -0.4 is 15.6 Å². The summed E-state index contributed by atoms with van der Waals surface area (Å²) in [6.45, 7) is 0.974. The average molecular weight is 494 g/mol. The van der Waals surface area contributed by atoms with Gasteiger partial charge >= 0.3 is 0 Å². The van der Waals surface area contributed by atoms with E-state index in [1.165, 1.54) is 55.5 Å². The highest BCUT2D eigenvalue weighted by atomic mass is 32.2. The van der Waals surface area contributed by atoms with Gasteiger partial charge in [-0.3, -0.25) is 24.3 Å². The Morgan fingerprint density at radius 2 is 1.77 bits per heavy atom. The maximum atomic E-state index is 13.3. The van der Waals surface area contributed by atoms with Crippen molar-refractivity contribution in [2.75, 3.05) is 5.32 Å². The smallest absolute Gasteiger partial charge is 0.271 e. The molecular formula is C23H19N5O6S. The number of carbonyl (C=O) groups excluding carboxylic acids is 1. The van der Waals surface area contributed by atoms with Crippen LogP contribution in [0.2, 0.25) is 0 Å². The van der Waals surface area contributed by atoms with Crippen molar-refractivity contribution in [1.82, 2.24) is 14.3 Å². The molecule has 3 aromatic carbocycles. The normalized spacial score (nSPS) is 11.3. The number of rotatable bonds is 7. The molecule has 12 heteroatoms. The Bertz CT molecular complexity index is 1610. The van der Waals surface area contributed by atoms with E-state index in [1.807, 2.05) is 0 Å². The second-order valence-corrected chi connectivity index (χ2v) is 9.26. The molecule has 0 aliphatic carbocycles. The molecule has 0 unspecified atom stereocenters. The molecule has 2 N–H and O–H groups in total. The van der Waals surface area contributed by atoms with Crippen LogP contribution in [0.4, 0.5) is 11.4 Å². The molecule has 178 valence electrons. The lowest BCUT2D eigenvalue weighted by Gasteiger charge is -2.14. The first-order chi connectivity index (χ1) is 16.7. The number of hydrogen-bond acceptors (Lipinski definition) is 7. The Kier molecular flexibility index (Phi) is 6.40. The third-order valence-electron chi connectivity index (χ3n) is 5.05. The fraction of sp³-hybridized carbons (Fsp3) is 0.0870. The molecule has 35 heavy (non-hydrogen) atoms. The lowest BCUT2D eigenvalue weighted by atomic mass is 10.2. The third-order valence-corrected chi connectivity index (χ3v) is 6.47. The van der Waals surface area contributed by atoms with Crippen molar-refractivity contribution >= 4 is 38.2 Å². The summed E-state index contributed by atoms with van der Waals surface area (Å²) in [5.74, 6) is -0.243. The highest BCUT2D eigenvalue weighted by Crippen LogP contribution is 2.19. The zero-order valence-corrected chi connectivity index (χ0v) is 19.2. The van der Waals surface area contributed by atoms with Crippen LogP contribution in [0.5, 0.6) is 0 Å². The predicted molar refractivity (Wildman–Crippen MR) is 129 cm³/mol. The first kappa shape index (κ1) is 23.7. The highest BCUT2D eigenvalue weighted by molar-refractivity contribution is 7.89. The number of aromatic nitrogens is 2. The van der Waals surface area contributed by atoms with Crippen LogP contribution in [-0.4, -0.2) is 28.8 Å². The lowest BCUT2D eigenvalue weighted by Crippen LogP contribution is -2.30. The van der Waals surface area contributed by atoms with Crippen molar-refractivity contribution in [3.63, 3.8) is 0 Å². The largest absolute Gasteiger partial charge is 0.326 e. The minimum absolute atomic E-state index is 0.0487. The number of amides is 1. The van der Waals surface area contributed by atoms with Gasteiger partial charge < -0.3 is 5.32 Å². The average Bonchev–Trinajstić information content (AvgIpc) is 2.83. The number of hydrogen-bond donors (Lipinski definition) is 2. The maximum absolute atomic E-state index is 13.3. The summed E-state index contributed by atoms with van der Waals surface area (Å²) in [4.78, 5) is 39.5. The number of nitro groups is 1. The number of nitro benzene ring substituents is 1. The number of benzene rings is 3. The Morgan fingerprint density at radius 3 is 2.46 bits per heavy atom. The number of anilines is 1. The number of non-ortho nitro benzene ring substituents is 1. The molecule has 0 saturated heterocycles. The molecule has 1 amide bonds. The first-order valence-electron chi connectivity index (χ1n) is 10.3. The van der Waals surface area contributed by atoms with Crippen molar-refractivity contribution in [3.05, 3.63) is 99.1 Å². The van der Waals surface area contributed by atoms with Crippen LogP contribution in [0.3, 0.4) is 0 Å². The van der Waals surface area contributed by atoms with Crippen molar-refractivity contribution in [2.45, 2.75) is 18.4 Å². The van der Waals surface area contributed by atoms with Gasteiger partial charge in [0.25, 0.3) is 11.2 Å². The molecule has 0 fully saturated rings. The molecule has 1 heterocycles. The summed E-state index contributed by atoms with van der Waals surface area (Å²) in [6.07, 6.45) is 0. The molecule has 4 rings (SSSR count). The van der Waals surface area contributed by atoms with Crippen LogP contribution >= 0.6 is 0 Å². The number of carbonyl (C=O) groups is 1. The van der Waals surface area contributed by atoms with Crippen LogP contribution in [0.15, 0.2) is 82.5 Å². The van der Waals surface area contributed by atoms with Crippen LogP contribution in [0, 0.1) is 10.1 Å². The van der Waals surface area contributed by atoms with E-state index in [-0.39, 0.29) is 39.9 Å². The fourth-order valence-corrected chi connectivity index (χ4v) is 4.45. The number of nitrogens with one attached hydrogen (secondary N) is 2. The minimum Gasteiger partial charge on any atom is -0.326 e. The summed E-state index contributed by atoms with van der Waals surface area (Å²) in [5.41, 5.74) is 0.245. The zero-order chi connectivity index (χ0) is 25.2. The summed E-state index contributed by atoms with van der Waals surface area (Å²) in [6, 6.07) is 17.5. The van der Waals surface area contributed by atoms with E-state index < -0.39 is 20.5 Å². The van der Waals surface area contributed by atoms with E-state index in [0.717, 1.165) is 4.57 Å². The van der Waals surface area contributed by atoms with Gasteiger partial charge in [0.15, 0.2) is 0 Å². The standard InChI is InChI=1S/C23H19N5O6S/c1-15(29)25-16-9-11-19(12-10-16)35(33,34)24-14-22-26-21-8-3-2-7-20(21)23(30)27(22)17-5-4-6-18(13-17)28(31)32/h2-13,24H,14H2,1H3,(H,25,29). The Morgan fingerprint density at radius 1 is 1.06 bits per heavy atom. The van der Waals surface area contributed by atoms with E-state index >= 15 is 0 Å². The molecule has 0 aliphatic rings. The summed E-state index contributed by atoms with van der Waals surface area (Å²) in [7, 11) is -4.02. The summed E-state index contributed by atoms with van der Waals surface area (Å²) < 4.78 is 29.3. The Hall–Kier alpha value is -4.42. The maximum Gasteiger partial charge on any atom is 0.271 e. The van der Waals surface area contributed by atoms with Crippen molar-refractivity contribution in [2.24, 2.45) is 0 Å². The van der Waals surface area contributed by atoms with Gasteiger partial charge in [-0.2, -0.15) is 0 Å². The molecule has 4 aromatic rings. The first-order valence-corrected chi connectivity index (χ1v) is 11.8. The van der Waals surface area contributed by atoms with Gasteiger partial charge in [-0.25, -0.2) is 18.1 Å². The second kappa shape index (κ2) is 9.44. The van der Waals surface area contributed by atoms with Crippen LogP contribution in [-0.2, 0) is 21.4 Å². The Balaban J connectivity index is 1.74.